The van der Waals surface area contributed by atoms with E-state index >= 15 is 0 Å². The van der Waals surface area contributed by atoms with Gasteiger partial charge in [-0.05, 0) is 23.6 Å². The van der Waals surface area contributed by atoms with E-state index in [1.165, 1.54) is 4.90 Å². The van der Waals surface area contributed by atoms with E-state index in [1.807, 2.05) is 13.8 Å². The molecule has 2 atom stereocenters. The molecule has 1 heterocycles. The van der Waals surface area contributed by atoms with E-state index in [4.69, 9.17) is 4.74 Å². The van der Waals surface area contributed by atoms with Crippen LogP contribution in [0.1, 0.15) is 25.6 Å². The molecule has 116 valence electrons. The highest BCUT2D eigenvalue weighted by molar-refractivity contribution is 5.84. The molecule has 1 aromatic carbocycles. The molecule has 0 saturated carbocycles. The summed E-state index contributed by atoms with van der Waals surface area (Å²) in [7, 11) is 1.54. The molecule has 21 heavy (non-hydrogen) atoms. The number of carbonyl (C=O) groups excluding carboxylic acids is 1. The number of hydrogen-bond acceptors (Lipinski definition) is 3. The van der Waals surface area contributed by atoms with Gasteiger partial charge in [-0.25, -0.2) is 8.78 Å². The molecule has 1 aliphatic heterocycles. The first-order valence-electron chi connectivity index (χ1n) is 6.92. The number of hydrogen-bond donors (Lipinski definition) is 1. The standard InChI is InChI=1S/C15H20F2N2O2/c1-9(2)13-15(20)19(8-12(16)17)14(18-13)10-5-4-6-11(7-10)21-3/h4-7,9,12-14,18H,8H2,1-3H3. The average Bonchev–Trinajstić information content (AvgIpc) is 2.76. The van der Waals surface area contributed by atoms with E-state index in [1.54, 1.807) is 31.4 Å². The first-order valence-corrected chi connectivity index (χ1v) is 6.92. The molecule has 0 aliphatic carbocycles. The minimum absolute atomic E-state index is 0.0354. The summed E-state index contributed by atoms with van der Waals surface area (Å²) in [6.07, 6.45) is -3.11. The van der Waals surface area contributed by atoms with Crippen LogP contribution in [0.25, 0.3) is 0 Å². The minimum Gasteiger partial charge on any atom is -0.497 e. The fourth-order valence-electron chi connectivity index (χ4n) is 2.55. The summed E-state index contributed by atoms with van der Waals surface area (Å²) in [6.45, 7) is 3.21. The number of methoxy groups -OCH3 is 1. The molecule has 1 N–H and O–H groups in total. The Morgan fingerprint density at radius 3 is 2.67 bits per heavy atom. The molecule has 1 aromatic rings. The van der Waals surface area contributed by atoms with Crippen molar-refractivity contribution in [2.45, 2.75) is 32.5 Å². The normalized spacial score (nSPS) is 22.4. The van der Waals surface area contributed by atoms with Crippen LogP contribution in [0.15, 0.2) is 24.3 Å². The van der Waals surface area contributed by atoms with Gasteiger partial charge < -0.3 is 9.64 Å². The summed E-state index contributed by atoms with van der Waals surface area (Å²) in [5.41, 5.74) is 0.742. The van der Waals surface area contributed by atoms with Gasteiger partial charge in [0.05, 0.1) is 19.7 Å². The first-order chi connectivity index (χ1) is 9.93. The maximum absolute atomic E-state index is 12.8. The fraction of sp³-hybridized carbons (Fsp3) is 0.533. The van der Waals surface area contributed by atoms with Crippen LogP contribution >= 0.6 is 0 Å². The number of ether oxygens (including phenoxy) is 1. The van der Waals surface area contributed by atoms with E-state index in [0.717, 1.165) is 5.56 Å². The lowest BCUT2D eigenvalue weighted by Crippen LogP contribution is -2.36. The molecular formula is C15H20F2N2O2. The van der Waals surface area contributed by atoms with Gasteiger partial charge in [0.25, 0.3) is 6.43 Å². The third kappa shape index (κ3) is 3.32. The molecule has 6 heteroatoms. The van der Waals surface area contributed by atoms with Crippen molar-refractivity contribution in [3.8, 4) is 5.75 Å². The zero-order valence-electron chi connectivity index (χ0n) is 12.3. The SMILES string of the molecule is COc1cccc(C2NC(C(C)C)C(=O)N2CC(F)F)c1. The lowest BCUT2D eigenvalue weighted by Gasteiger charge is -2.24. The summed E-state index contributed by atoms with van der Waals surface area (Å²) >= 11 is 0. The van der Waals surface area contributed by atoms with E-state index in [0.29, 0.717) is 5.75 Å². The van der Waals surface area contributed by atoms with E-state index in [9.17, 15) is 13.6 Å². The van der Waals surface area contributed by atoms with Crippen LogP contribution in [-0.2, 0) is 4.79 Å². The van der Waals surface area contributed by atoms with Gasteiger partial charge in [0.15, 0.2) is 0 Å². The average molecular weight is 298 g/mol. The molecule has 0 aromatic heterocycles. The molecule has 1 amide bonds. The second-order valence-corrected chi connectivity index (χ2v) is 5.45. The largest absolute Gasteiger partial charge is 0.497 e. The molecule has 1 fully saturated rings. The van der Waals surface area contributed by atoms with Gasteiger partial charge in [0.2, 0.25) is 5.91 Å². The zero-order chi connectivity index (χ0) is 15.6. The number of amides is 1. The van der Waals surface area contributed by atoms with E-state index in [2.05, 4.69) is 5.32 Å². The van der Waals surface area contributed by atoms with Gasteiger partial charge in [-0.2, -0.15) is 0 Å². The Bertz CT molecular complexity index is 508. The zero-order valence-corrected chi connectivity index (χ0v) is 12.3. The van der Waals surface area contributed by atoms with Crippen molar-refractivity contribution in [3.63, 3.8) is 0 Å². The van der Waals surface area contributed by atoms with Crippen LogP contribution in [0.3, 0.4) is 0 Å². The summed E-state index contributed by atoms with van der Waals surface area (Å²) in [6, 6.07) is 6.67. The van der Waals surface area contributed by atoms with Gasteiger partial charge >= 0.3 is 0 Å². The van der Waals surface area contributed by atoms with Crippen molar-refractivity contribution < 1.29 is 18.3 Å². The van der Waals surface area contributed by atoms with Crippen LogP contribution in [-0.4, -0.2) is 36.9 Å². The summed E-state index contributed by atoms with van der Waals surface area (Å²) in [5.74, 6) is 0.387. The molecule has 1 aliphatic rings. The van der Waals surface area contributed by atoms with Crippen molar-refractivity contribution in [1.82, 2.24) is 10.2 Å². The van der Waals surface area contributed by atoms with Gasteiger partial charge in [-0.1, -0.05) is 26.0 Å². The molecule has 0 spiro atoms. The Morgan fingerprint density at radius 2 is 2.10 bits per heavy atom. The monoisotopic (exact) mass is 298 g/mol. The molecule has 4 nitrogen and oxygen atoms in total. The third-order valence-corrected chi connectivity index (χ3v) is 3.61. The van der Waals surface area contributed by atoms with Crippen LogP contribution in [0, 0.1) is 5.92 Å². The van der Waals surface area contributed by atoms with E-state index in [-0.39, 0.29) is 11.8 Å². The molecule has 2 unspecified atom stereocenters. The highest BCUT2D eigenvalue weighted by atomic mass is 19.3. The number of halogens is 2. The van der Waals surface area contributed by atoms with Crippen molar-refractivity contribution in [3.05, 3.63) is 29.8 Å². The van der Waals surface area contributed by atoms with Crippen molar-refractivity contribution in [2.75, 3.05) is 13.7 Å². The third-order valence-electron chi connectivity index (χ3n) is 3.61. The number of benzene rings is 1. The molecule has 0 bridgehead atoms. The van der Waals surface area contributed by atoms with Crippen LogP contribution in [0.2, 0.25) is 0 Å². The van der Waals surface area contributed by atoms with Crippen LogP contribution in [0.5, 0.6) is 5.75 Å². The quantitative estimate of drug-likeness (QED) is 0.907. The number of nitrogens with one attached hydrogen (secondary N) is 1. The Morgan fingerprint density at radius 1 is 1.38 bits per heavy atom. The van der Waals surface area contributed by atoms with Crippen LogP contribution in [0.4, 0.5) is 8.78 Å². The Labute approximate surface area is 123 Å². The Kier molecular flexibility index (Phi) is 4.77. The van der Waals surface area contributed by atoms with Gasteiger partial charge in [0, 0.05) is 0 Å². The number of carbonyl (C=O) groups is 1. The Hall–Kier alpha value is -1.69. The second kappa shape index (κ2) is 6.39. The fourth-order valence-corrected chi connectivity index (χ4v) is 2.55. The van der Waals surface area contributed by atoms with Crippen LogP contribution < -0.4 is 10.1 Å². The topological polar surface area (TPSA) is 41.6 Å². The predicted molar refractivity (Wildman–Crippen MR) is 75.2 cm³/mol. The smallest absolute Gasteiger partial charge is 0.255 e. The van der Waals surface area contributed by atoms with Gasteiger partial charge in [-0.15, -0.1) is 0 Å². The van der Waals surface area contributed by atoms with Crippen molar-refractivity contribution in [1.29, 1.82) is 0 Å². The lowest BCUT2D eigenvalue weighted by atomic mass is 10.1. The highest BCUT2D eigenvalue weighted by Gasteiger charge is 2.41. The van der Waals surface area contributed by atoms with Crippen molar-refractivity contribution in [2.24, 2.45) is 5.92 Å². The predicted octanol–water partition coefficient (Wildman–Crippen LogP) is 2.42. The van der Waals surface area contributed by atoms with E-state index < -0.39 is 25.2 Å². The molecular weight excluding hydrogens is 278 g/mol. The number of alkyl halides is 2. The van der Waals surface area contributed by atoms with Crippen molar-refractivity contribution >= 4 is 5.91 Å². The highest BCUT2D eigenvalue weighted by Crippen LogP contribution is 2.30. The summed E-state index contributed by atoms with van der Waals surface area (Å²) in [4.78, 5) is 13.5. The maximum atomic E-state index is 12.8. The Balaban J connectivity index is 2.31. The van der Waals surface area contributed by atoms with Gasteiger partial charge in [-0.3, -0.25) is 10.1 Å². The number of rotatable bonds is 5. The maximum Gasteiger partial charge on any atom is 0.255 e. The first kappa shape index (κ1) is 15.7. The lowest BCUT2D eigenvalue weighted by molar-refractivity contribution is -0.132. The molecule has 0 radical (unpaired) electrons. The second-order valence-electron chi connectivity index (χ2n) is 5.45. The minimum atomic E-state index is -2.56. The molecule has 2 rings (SSSR count). The van der Waals surface area contributed by atoms with Gasteiger partial charge in [0.1, 0.15) is 11.9 Å². The summed E-state index contributed by atoms with van der Waals surface area (Å²) in [5, 5.41) is 3.15. The summed E-state index contributed by atoms with van der Waals surface area (Å²) < 4.78 is 30.7. The number of nitrogens with zero attached hydrogens (tertiary/aromatic N) is 1. The molecule has 1 saturated heterocycles.